The van der Waals surface area contributed by atoms with Gasteiger partial charge in [-0.25, -0.2) is 0 Å². The van der Waals surface area contributed by atoms with E-state index in [0.29, 0.717) is 22.2 Å². The van der Waals surface area contributed by atoms with Crippen molar-refractivity contribution in [2.45, 2.75) is 32.7 Å². The number of carbonyl (C=O) groups is 2. The summed E-state index contributed by atoms with van der Waals surface area (Å²) in [7, 11) is 1.33. The molecule has 0 N–H and O–H groups in total. The van der Waals surface area contributed by atoms with E-state index in [4.69, 9.17) is 14.2 Å². The molecule has 1 aliphatic rings. The molecule has 0 aliphatic carbocycles. The Morgan fingerprint density at radius 1 is 1.17 bits per heavy atom. The predicted octanol–water partition coefficient (Wildman–Crippen LogP) is 3.40. The molecule has 0 radical (unpaired) electrons. The Bertz CT molecular complexity index is 1170. The summed E-state index contributed by atoms with van der Waals surface area (Å²) < 4.78 is 18.2. The number of amides is 1. The number of nitrogens with zero attached hydrogens (tertiary/aromatic N) is 2. The van der Waals surface area contributed by atoms with Crippen LogP contribution in [-0.2, 0) is 27.3 Å². The van der Waals surface area contributed by atoms with Crippen molar-refractivity contribution >= 4 is 33.4 Å². The second-order valence-corrected chi connectivity index (χ2v) is 8.31. The van der Waals surface area contributed by atoms with E-state index < -0.39 is 5.97 Å². The van der Waals surface area contributed by atoms with Gasteiger partial charge in [-0.05, 0) is 17.0 Å². The molecule has 2 aromatic carbocycles. The molecule has 0 spiro atoms. The van der Waals surface area contributed by atoms with Gasteiger partial charge in [-0.15, -0.1) is 0 Å². The maximum atomic E-state index is 12.6. The minimum absolute atomic E-state index is 0.0503. The smallest absolute Gasteiger partial charge is 0.325 e. The molecule has 0 fully saturated rings. The first-order valence-electron chi connectivity index (χ1n) is 9.61. The van der Waals surface area contributed by atoms with Crippen molar-refractivity contribution in [1.82, 2.24) is 4.57 Å². The van der Waals surface area contributed by atoms with E-state index in [1.54, 1.807) is 10.6 Å². The Morgan fingerprint density at radius 2 is 1.87 bits per heavy atom. The zero-order valence-electron chi connectivity index (χ0n) is 17.0. The number of hydrogen-bond donors (Lipinski definition) is 0. The minimum Gasteiger partial charge on any atom is -0.468 e. The Kier molecular flexibility index (Phi) is 5.59. The van der Waals surface area contributed by atoms with Gasteiger partial charge in [0.1, 0.15) is 6.54 Å². The summed E-state index contributed by atoms with van der Waals surface area (Å²) in [6, 6.07) is 11.6. The van der Waals surface area contributed by atoms with Crippen molar-refractivity contribution in [3.05, 3.63) is 52.3 Å². The van der Waals surface area contributed by atoms with Crippen LogP contribution in [0.15, 0.2) is 41.4 Å². The number of carbonyl (C=O) groups excluding carboxylic acids is 2. The number of thiazole rings is 1. The van der Waals surface area contributed by atoms with Gasteiger partial charge in [0, 0.05) is 12.1 Å². The van der Waals surface area contributed by atoms with Crippen LogP contribution in [0.3, 0.4) is 0 Å². The summed E-state index contributed by atoms with van der Waals surface area (Å²) in [6.45, 7) is 4.37. The SMILES string of the molecule is COC(=O)Cn1c(=NC(=O)Cc2ccc(C(C)C)cc2)sc2cc3c(cc21)OCO3. The maximum absolute atomic E-state index is 12.6. The summed E-state index contributed by atoms with van der Waals surface area (Å²) >= 11 is 1.32. The molecule has 0 saturated carbocycles. The quantitative estimate of drug-likeness (QED) is 0.585. The zero-order valence-corrected chi connectivity index (χ0v) is 17.8. The molecular formula is C22H22N2O5S. The Labute approximate surface area is 177 Å². The van der Waals surface area contributed by atoms with Gasteiger partial charge in [0.05, 0.1) is 23.7 Å². The highest BCUT2D eigenvalue weighted by Crippen LogP contribution is 2.37. The van der Waals surface area contributed by atoms with Crippen molar-refractivity contribution in [2.75, 3.05) is 13.9 Å². The highest BCUT2D eigenvalue weighted by atomic mass is 32.1. The molecule has 0 bridgehead atoms. The van der Waals surface area contributed by atoms with Crippen molar-refractivity contribution in [1.29, 1.82) is 0 Å². The van der Waals surface area contributed by atoms with Crippen LogP contribution >= 0.6 is 11.3 Å². The lowest BCUT2D eigenvalue weighted by Gasteiger charge is -2.06. The third-order valence-corrected chi connectivity index (χ3v) is 5.96. The summed E-state index contributed by atoms with van der Waals surface area (Å²) in [5.41, 5.74) is 2.86. The second kappa shape index (κ2) is 8.31. The van der Waals surface area contributed by atoms with Crippen LogP contribution < -0.4 is 14.3 Å². The molecule has 0 atom stereocenters. The van der Waals surface area contributed by atoms with Gasteiger partial charge in [-0.1, -0.05) is 49.4 Å². The molecule has 30 heavy (non-hydrogen) atoms. The van der Waals surface area contributed by atoms with Crippen LogP contribution in [0, 0.1) is 0 Å². The maximum Gasteiger partial charge on any atom is 0.325 e. The molecule has 7 nitrogen and oxygen atoms in total. The molecule has 1 amide bonds. The number of ether oxygens (including phenoxy) is 3. The highest BCUT2D eigenvalue weighted by molar-refractivity contribution is 7.16. The minimum atomic E-state index is -0.425. The third-order valence-electron chi connectivity index (χ3n) is 4.91. The fourth-order valence-corrected chi connectivity index (χ4v) is 4.29. The monoisotopic (exact) mass is 426 g/mol. The summed E-state index contributed by atoms with van der Waals surface area (Å²) in [6.07, 6.45) is 0.188. The molecule has 1 aromatic heterocycles. The lowest BCUT2D eigenvalue weighted by molar-refractivity contribution is -0.141. The topological polar surface area (TPSA) is 79.1 Å². The van der Waals surface area contributed by atoms with Gasteiger partial charge in [0.25, 0.3) is 5.91 Å². The standard InChI is InChI=1S/C22H22N2O5S/c1-13(2)15-6-4-14(5-7-15)8-20(25)23-22-24(11-21(26)27-3)16-9-17-18(29-12-28-17)10-19(16)30-22/h4-7,9-10,13H,8,11-12H2,1-3H3. The lowest BCUT2D eigenvalue weighted by Crippen LogP contribution is -2.22. The Balaban J connectivity index is 1.69. The van der Waals surface area contributed by atoms with Crippen LogP contribution in [0.5, 0.6) is 11.5 Å². The number of hydrogen-bond acceptors (Lipinski definition) is 6. The largest absolute Gasteiger partial charge is 0.468 e. The van der Waals surface area contributed by atoms with Crippen LogP contribution in [0.25, 0.3) is 10.2 Å². The highest BCUT2D eigenvalue weighted by Gasteiger charge is 2.19. The van der Waals surface area contributed by atoms with E-state index in [2.05, 4.69) is 18.8 Å². The number of aromatic nitrogens is 1. The van der Waals surface area contributed by atoms with Crippen LogP contribution in [0.4, 0.5) is 0 Å². The summed E-state index contributed by atoms with van der Waals surface area (Å²) in [5, 5.41) is 0. The summed E-state index contributed by atoms with van der Waals surface area (Å²) in [5.74, 6) is 0.965. The van der Waals surface area contributed by atoms with E-state index in [1.807, 2.05) is 30.3 Å². The predicted molar refractivity (Wildman–Crippen MR) is 113 cm³/mol. The van der Waals surface area contributed by atoms with E-state index in [1.165, 1.54) is 24.0 Å². The van der Waals surface area contributed by atoms with Crippen LogP contribution in [0.2, 0.25) is 0 Å². The van der Waals surface area contributed by atoms with Crippen molar-refractivity contribution in [2.24, 2.45) is 4.99 Å². The molecule has 2 heterocycles. The number of methoxy groups -OCH3 is 1. The van der Waals surface area contributed by atoms with Gasteiger partial charge in [0.15, 0.2) is 16.3 Å². The molecular weight excluding hydrogens is 404 g/mol. The summed E-state index contributed by atoms with van der Waals surface area (Å²) in [4.78, 5) is 29.3. The van der Waals surface area contributed by atoms with Crippen LogP contribution in [0.1, 0.15) is 30.9 Å². The first-order chi connectivity index (χ1) is 14.4. The van der Waals surface area contributed by atoms with E-state index >= 15 is 0 Å². The number of esters is 1. The van der Waals surface area contributed by atoms with Crippen molar-refractivity contribution in [3.63, 3.8) is 0 Å². The molecule has 0 saturated heterocycles. The zero-order chi connectivity index (χ0) is 21.3. The van der Waals surface area contributed by atoms with Crippen molar-refractivity contribution in [3.8, 4) is 11.5 Å². The average molecular weight is 426 g/mol. The Hall–Kier alpha value is -3.13. The Morgan fingerprint density at radius 3 is 2.53 bits per heavy atom. The number of benzene rings is 2. The third kappa shape index (κ3) is 4.09. The first-order valence-corrected chi connectivity index (χ1v) is 10.4. The van der Waals surface area contributed by atoms with Crippen LogP contribution in [-0.4, -0.2) is 30.3 Å². The fourth-order valence-electron chi connectivity index (χ4n) is 3.23. The second-order valence-electron chi connectivity index (χ2n) is 7.30. The number of rotatable bonds is 5. The normalized spacial score (nSPS) is 13.3. The molecule has 0 unspecified atom stereocenters. The lowest BCUT2D eigenvalue weighted by atomic mass is 10.0. The van der Waals surface area contributed by atoms with Gasteiger partial charge in [-0.3, -0.25) is 9.59 Å². The first kappa shape index (κ1) is 20.2. The number of fused-ring (bicyclic) bond motifs is 2. The molecule has 8 heteroatoms. The van der Waals surface area contributed by atoms with E-state index in [0.717, 1.165) is 15.8 Å². The molecule has 156 valence electrons. The fraction of sp³-hybridized carbons (Fsp3) is 0.318. The van der Waals surface area contributed by atoms with Gasteiger partial charge >= 0.3 is 5.97 Å². The van der Waals surface area contributed by atoms with E-state index in [-0.39, 0.29) is 25.7 Å². The van der Waals surface area contributed by atoms with Gasteiger partial charge < -0.3 is 18.8 Å². The molecule has 1 aliphatic heterocycles. The van der Waals surface area contributed by atoms with Gasteiger partial charge in [0.2, 0.25) is 6.79 Å². The van der Waals surface area contributed by atoms with E-state index in [9.17, 15) is 9.59 Å². The average Bonchev–Trinajstić information content (AvgIpc) is 3.30. The molecule has 3 aromatic rings. The van der Waals surface area contributed by atoms with Crippen molar-refractivity contribution < 1.29 is 23.8 Å². The van der Waals surface area contributed by atoms with Gasteiger partial charge in [-0.2, -0.15) is 4.99 Å². The molecule has 4 rings (SSSR count).